The molecule has 0 radical (unpaired) electrons. The fraction of sp³-hybridized carbons (Fsp3) is 0.900. The molecule has 0 saturated heterocycles. The second-order valence-corrected chi connectivity index (χ2v) is 4.21. The van der Waals surface area contributed by atoms with Crippen molar-refractivity contribution in [2.24, 2.45) is 11.8 Å². The Morgan fingerprint density at radius 2 is 2.08 bits per heavy atom. The zero-order valence-corrected chi connectivity index (χ0v) is 8.15. The molecule has 1 fully saturated rings. The van der Waals surface area contributed by atoms with Crippen molar-refractivity contribution in [3.63, 3.8) is 0 Å². The van der Waals surface area contributed by atoms with Crippen LogP contribution >= 0.6 is 0 Å². The normalized spacial score (nSPS) is 27.6. The Morgan fingerprint density at radius 1 is 1.46 bits per heavy atom. The van der Waals surface area contributed by atoms with Crippen LogP contribution in [0.1, 0.15) is 39.5 Å². The minimum Gasteiger partial charge on any atom is -0.299 e. The average Bonchev–Trinajstić information content (AvgIpc) is 2.01. The van der Waals surface area contributed by atoms with Gasteiger partial charge in [0.2, 0.25) is 5.92 Å². The predicted molar refractivity (Wildman–Crippen MR) is 46.8 cm³/mol. The van der Waals surface area contributed by atoms with Crippen molar-refractivity contribution in [3.8, 4) is 0 Å². The lowest BCUT2D eigenvalue weighted by Gasteiger charge is -2.28. The molecule has 1 atom stereocenters. The van der Waals surface area contributed by atoms with Crippen LogP contribution in [0.2, 0.25) is 0 Å². The first kappa shape index (κ1) is 10.6. The maximum Gasteiger partial charge on any atom is 0.248 e. The summed E-state index contributed by atoms with van der Waals surface area (Å²) in [4.78, 5) is 11.5. The van der Waals surface area contributed by atoms with Gasteiger partial charge in [-0.15, -0.1) is 0 Å². The van der Waals surface area contributed by atoms with E-state index in [-0.39, 0.29) is 24.5 Å². The standard InChI is InChI=1S/C10H16F2O/c1-7(2)9(13)8-4-3-5-10(11,12)6-8/h7-8H,3-6H2,1-2H3. The molecule has 0 aromatic rings. The lowest BCUT2D eigenvalue weighted by Crippen LogP contribution is -2.32. The fourth-order valence-corrected chi connectivity index (χ4v) is 1.89. The summed E-state index contributed by atoms with van der Waals surface area (Å²) in [6.07, 6.45) is 0.849. The van der Waals surface area contributed by atoms with Gasteiger partial charge in [0, 0.05) is 24.7 Å². The number of alkyl halides is 2. The summed E-state index contributed by atoms with van der Waals surface area (Å²) in [6, 6.07) is 0. The van der Waals surface area contributed by atoms with E-state index in [4.69, 9.17) is 0 Å². The van der Waals surface area contributed by atoms with Crippen LogP contribution in [-0.4, -0.2) is 11.7 Å². The van der Waals surface area contributed by atoms with E-state index in [1.807, 2.05) is 0 Å². The monoisotopic (exact) mass is 190 g/mol. The maximum atomic E-state index is 12.9. The number of Topliss-reactive ketones (excluding diaryl/α,β-unsaturated/α-hetero) is 1. The van der Waals surface area contributed by atoms with E-state index in [1.165, 1.54) is 0 Å². The Morgan fingerprint density at radius 3 is 2.54 bits per heavy atom. The van der Waals surface area contributed by atoms with Gasteiger partial charge < -0.3 is 0 Å². The first-order chi connectivity index (χ1) is 5.92. The molecule has 1 rings (SSSR count). The summed E-state index contributed by atoms with van der Waals surface area (Å²) in [6.45, 7) is 3.55. The number of hydrogen-bond donors (Lipinski definition) is 0. The van der Waals surface area contributed by atoms with Crippen LogP contribution < -0.4 is 0 Å². The second kappa shape index (κ2) is 3.72. The Balaban J connectivity index is 2.57. The van der Waals surface area contributed by atoms with Crippen molar-refractivity contribution < 1.29 is 13.6 Å². The molecule has 0 heterocycles. The second-order valence-electron chi connectivity index (χ2n) is 4.21. The predicted octanol–water partition coefficient (Wildman–Crippen LogP) is 3.04. The molecule has 1 aliphatic rings. The molecule has 0 amide bonds. The molecule has 13 heavy (non-hydrogen) atoms. The topological polar surface area (TPSA) is 17.1 Å². The van der Waals surface area contributed by atoms with Crippen LogP contribution in [0.4, 0.5) is 8.78 Å². The van der Waals surface area contributed by atoms with Crippen LogP contribution in [0.3, 0.4) is 0 Å². The molecule has 1 aliphatic carbocycles. The van der Waals surface area contributed by atoms with E-state index < -0.39 is 11.8 Å². The van der Waals surface area contributed by atoms with E-state index in [0.717, 1.165) is 0 Å². The zero-order chi connectivity index (χ0) is 10.1. The lowest BCUT2D eigenvalue weighted by atomic mass is 9.81. The van der Waals surface area contributed by atoms with Gasteiger partial charge in [0.05, 0.1) is 0 Å². The molecule has 1 unspecified atom stereocenters. The quantitative estimate of drug-likeness (QED) is 0.654. The van der Waals surface area contributed by atoms with Crippen LogP contribution in [0.5, 0.6) is 0 Å². The number of ketones is 1. The highest BCUT2D eigenvalue weighted by atomic mass is 19.3. The SMILES string of the molecule is CC(C)C(=O)C1CCCC(F)(F)C1. The fourth-order valence-electron chi connectivity index (χ4n) is 1.89. The van der Waals surface area contributed by atoms with Crippen molar-refractivity contribution in [1.29, 1.82) is 0 Å². The molecule has 3 heteroatoms. The molecule has 1 saturated carbocycles. The Labute approximate surface area is 77.5 Å². The van der Waals surface area contributed by atoms with Gasteiger partial charge in [0.15, 0.2) is 0 Å². The zero-order valence-electron chi connectivity index (χ0n) is 8.15. The third-order valence-corrected chi connectivity index (χ3v) is 2.61. The molecule has 0 spiro atoms. The van der Waals surface area contributed by atoms with Crippen LogP contribution in [0.25, 0.3) is 0 Å². The van der Waals surface area contributed by atoms with Crippen LogP contribution in [-0.2, 0) is 4.79 Å². The number of rotatable bonds is 2. The highest BCUT2D eigenvalue weighted by Crippen LogP contribution is 2.37. The Bertz CT molecular complexity index is 199. The molecule has 0 aliphatic heterocycles. The van der Waals surface area contributed by atoms with Crippen molar-refractivity contribution >= 4 is 5.78 Å². The molecule has 0 bridgehead atoms. The van der Waals surface area contributed by atoms with Gasteiger partial charge in [-0.2, -0.15) is 0 Å². The van der Waals surface area contributed by atoms with E-state index in [0.29, 0.717) is 12.8 Å². The van der Waals surface area contributed by atoms with Gasteiger partial charge in [-0.1, -0.05) is 13.8 Å². The smallest absolute Gasteiger partial charge is 0.248 e. The number of carbonyl (C=O) groups is 1. The van der Waals surface area contributed by atoms with Gasteiger partial charge in [-0.3, -0.25) is 4.79 Å². The minimum atomic E-state index is -2.60. The molecular formula is C10H16F2O. The summed E-state index contributed by atoms with van der Waals surface area (Å²) < 4.78 is 25.9. The lowest BCUT2D eigenvalue weighted by molar-refractivity contribution is -0.133. The number of halogens is 2. The highest BCUT2D eigenvalue weighted by Gasteiger charge is 2.39. The molecular weight excluding hydrogens is 174 g/mol. The molecule has 0 N–H and O–H groups in total. The number of carbonyl (C=O) groups excluding carboxylic acids is 1. The summed E-state index contributed by atoms with van der Waals surface area (Å²) in [7, 11) is 0. The van der Waals surface area contributed by atoms with Crippen molar-refractivity contribution in [3.05, 3.63) is 0 Å². The van der Waals surface area contributed by atoms with Gasteiger partial charge in [0.1, 0.15) is 5.78 Å². The summed E-state index contributed by atoms with van der Waals surface area (Å²) >= 11 is 0. The van der Waals surface area contributed by atoms with Crippen molar-refractivity contribution in [1.82, 2.24) is 0 Å². The highest BCUT2D eigenvalue weighted by molar-refractivity contribution is 5.82. The van der Waals surface area contributed by atoms with Crippen LogP contribution in [0.15, 0.2) is 0 Å². The van der Waals surface area contributed by atoms with E-state index >= 15 is 0 Å². The third-order valence-electron chi connectivity index (χ3n) is 2.61. The van der Waals surface area contributed by atoms with Gasteiger partial charge >= 0.3 is 0 Å². The average molecular weight is 190 g/mol. The van der Waals surface area contributed by atoms with E-state index in [2.05, 4.69) is 0 Å². The van der Waals surface area contributed by atoms with Crippen molar-refractivity contribution in [2.45, 2.75) is 45.5 Å². The maximum absolute atomic E-state index is 12.9. The van der Waals surface area contributed by atoms with Gasteiger partial charge in [-0.25, -0.2) is 8.78 Å². The van der Waals surface area contributed by atoms with Crippen LogP contribution in [0, 0.1) is 11.8 Å². The Hall–Kier alpha value is -0.470. The number of hydrogen-bond acceptors (Lipinski definition) is 1. The molecule has 0 aromatic heterocycles. The molecule has 0 aromatic carbocycles. The summed E-state index contributed by atoms with van der Waals surface area (Å²) in [5.74, 6) is -3.12. The largest absolute Gasteiger partial charge is 0.299 e. The molecule has 1 nitrogen and oxygen atoms in total. The van der Waals surface area contributed by atoms with Gasteiger partial charge in [0.25, 0.3) is 0 Å². The first-order valence-corrected chi connectivity index (χ1v) is 4.84. The van der Waals surface area contributed by atoms with E-state index in [1.54, 1.807) is 13.8 Å². The molecule has 76 valence electrons. The first-order valence-electron chi connectivity index (χ1n) is 4.84. The third kappa shape index (κ3) is 2.75. The van der Waals surface area contributed by atoms with Gasteiger partial charge in [-0.05, 0) is 12.8 Å². The van der Waals surface area contributed by atoms with Crippen molar-refractivity contribution in [2.75, 3.05) is 0 Å². The minimum absolute atomic E-state index is 0.000579. The summed E-state index contributed by atoms with van der Waals surface area (Å²) in [5.41, 5.74) is 0. The summed E-state index contributed by atoms with van der Waals surface area (Å²) in [5, 5.41) is 0. The Kier molecular flexibility index (Phi) is 3.04. The van der Waals surface area contributed by atoms with E-state index in [9.17, 15) is 13.6 Å².